The lowest BCUT2D eigenvalue weighted by molar-refractivity contribution is -0.143. The van der Waals surface area contributed by atoms with Gasteiger partial charge in [-0.2, -0.15) is 36.1 Å². The third kappa shape index (κ3) is 5.59. The zero-order valence-corrected chi connectivity index (χ0v) is 18.1. The summed E-state index contributed by atoms with van der Waals surface area (Å²) in [6, 6.07) is 0.166. The average molecular weight is 504 g/mol. The number of aliphatic hydroxyl groups excluding tert-OH is 1. The molecular weight excluding hydrogens is 485 g/mol. The van der Waals surface area contributed by atoms with Gasteiger partial charge in [0.1, 0.15) is 12.6 Å². The fourth-order valence-electron chi connectivity index (χ4n) is 3.64. The molecule has 0 radical (unpaired) electrons. The Morgan fingerprint density at radius 2 is 1.57 bits per heavy atom. The maximum Gasteiger partial charge on any atom is 0.416 e. The van der Waals surface area contributed by atoms with Crippen LogP contribution in [0.1, 0.15) is 54.5 Å². The van der Waals surface area contributed by atoms with Crippen LogP contribution < -0.4 is 0 Å². The fraction of sp³-hybridized carbons (Fsp3) is 0.429. The second-order valence-electron chi connectivity index (χ2n) is 8.26. The summed E-state index contributed by atoms with van der Waals surface area (Å²) < 4.78 is 94.5. The van der Waals surface area contributed by atoms with Gasteiger partial charge in [-0.15, -0.1) is 0 Å². The minimum atomic E-state index is -5.05. The Bertz CT molecular complexity index is 1140. The molecule has 1 aliphatic rings. The van der Waals surface area contributed by atoms with Crippen molar-refractivity contribution >= 4 is 0 Å². The summed E-state index contributed by atoms with van der Waals surface area (Å²) in [5, 5.41) is 15.0. The Kier molecular flexibility index (Phi) is 6.53. The first kappa shape index (κ1) is 25.0. The topological polar surface area (TPSA) is 80.0 Å². The van der Waals surface area contributed by atoms with Crippen LogP contribution in [0, 0.1) is 11.7 Å². The molecule has 1 aliphatic carbocycles. The van der Waals surface area contributed by atoms with Crippen LogP contribution in [0.15, 0.2) is 36.9 Å². The van der Waals surface area contributed by atoms with Gasteiger partial charge in [0.2, 0.25) is 0 Å². The average Bonchev–Trinajstić information content (AvgIpc) is 3.48. The molecule has 7 nitrogen and oxygen atoms in total. The quantitative estimate of drug-likeness (QED) is 0.371. The Morgan fingerprint density at radius 1 is 1.00 bits per heavy atom. The first-order chi connectivity index (χ1) is 16.3. The summed E-state index contributed by atoms with van der Waals surface area (Å²) >= 11 is 0. The van der Waals surface area contributed by atoms with E-state index in [0.717, 1.165) is 36.2 Å². The van der Waals surface area contributed by atoms with Crippen LogP contribution in [0.2, 0.25) is 0 Å². The van der Waals surface area contributed by atoms with E-state index in [2.05, 4.69) is 20.1 Å². The maximum atomic E-state index is 13.3. The number of nitrogens with zero attached hydrogens (tertiary/aromatic N) is 6. The summed E-state index contributed by atoms with van der Waals surface area (Å²) in [6.07, 6.45) is -7.40. The van der Waals surface area contributed by atoms with Crippen molar-refractivity contribution < 1.29 is 35.8 Å². The van der Waals surface area contributed by atoms with E-state index in [1.807, 2.05) is 0 Å². The van der Waals surface area contributed by atoms with E-state index in [0.29, 0.717) is 12.1 Å². The molecule has 0 spiro atoms. The normalized spacial score (nSPS) is 16.5. The van der Waals surface area contributed by atoms with Gasteiger partial charge in [-0.05, 0) is 49.4 Å². The lowest BCUT2D eigenvalue weighted by atomic mass is 10.0. The number of benzene rings is 1. The first-order valence-corrected chi connectivity index (χ1v) is 10.5. The van der Waals surface area contributed by atoms with E-state index in [9.17, 15) is 35.8 Å². The zero-order valence-electron chi connectivity index (χ0n) is 18.1. The number of alkyl halides is 6. The van der Waals surface area contributed by atoms with Crippen LogP contribution in [0.25, 0.3) is 5.95 Å². The molecule has 0 amide bonds. The standard InChI is InChI=1S/C21H19F7N6O/c1-11(17-31-10-32-34(17)19-29-7-16(22)8-30-19)33(9-12-2-3-12)18(35)13-4-14(20(23,24)25)6-15(5-13)21(26,27)28/h4-8,10-12,18,35H,2-3,9H2,1H3/t11-,18?/m0/s1. The van der Waals surface area contributed by atoms with Gasteiger partial charge in [-0.25, -0.2) is 19.3 Å². The predicted octanol–water partition coefficient (Wildman–Crippen LogP) is 4.70. The van der Waals surface area contributed by atoms with Crippen LogP contribution in [0.3, 0.4) is 0 Å². The highest BCUT2D eigenvalue weighted by Crippen LogP contribution is 2.40. The summed E-state index contributed by atoms with van der Waals surface area (Å²) in [6.45, 7) is 1.74. The number of halogens is 7. The molecule has 2 atom stereocenters. The number of hydrogen-bond donors (Lipinski definition) is 1. The van der Waals surface area contributed by atoms with Crippen molar-refractivity contribution in [2.24, 2.45) is 5.92 Å². The van der Waals surface area contributed by atoms with Gasteiger partial charge in [-0.3, -0.25) is 4.90 Å². The van der Waals surface area contributed by atoms with Gasteiger partial charge < -0.3 is 5.11 Å². The molecule has 1 unspecified atom stereocenters. The molecule has 2 aromatic heterocycles. The van der Waals surface area contributed by atoms with Crippen molar-refractivity contribution in [1.82, 2.24) is 29.6 Å². The lowest BCUT2D eigenvalue weighted by Gasteiger charge is -2.33. The molecule has 1 fully saturated rings. The van der Waals surface area contributed by atoms with E-state index in [-0.39, 0.29) is 30.3 Å². The summed E-state index contributed by atoms with van der Waals surface area (Å²) in [5.41, 5.74) is -3.62. The van der Waals surface area contributed by atoms with Crippen molar-refractivity contribution in [1.29, 1.82) is 0 Å². The van der Waals surface area contributed by atoms with Crippen LogP contribution in [0.4, 0.5) is 30.7 Å². The van der Waals surface area contributed by atoms with Crippen LogP contribution >= 0.6 is 0 Å². The minimum Gasteiger partial charge on any atom is -0.374 e. The van der Waals surface area contributed by atoms with Gasteiger partial charge in [0.05, 0.1) is 29.6 Å². The molecule has 188 valence electrons. The molecule has 14 heteroatoms. The molecule has 0 bridgehead atoms. The number of aliphatic hydroxyl groups is 1. The van der Waals surface area contributed by atoms with E-state index >= 15 is 0 Å². The molecule has 2 heterocycles. The van der Waals surface area contributed by atoms with E-state index in [4.69, 9.17) is 0 Å². The minimum absolute atomic E-state index is 0.00732. The van der Waals surface area contributed by atoms with Crippen LogP contribution in [0.5, 0.6) is 0 Å². The molecule has 1 saturated carbocycles. The van der Waals surface area contributed by atoms with Gasteiger partial charge in [-0.1, -0.05) is 0 Å². The Balaban J connectivity index is 1.73. The molecule has 0 aliphatic heterocycles. The second kappa shape index (κ2) is 9.15. The molecule has 3 aromatic rings. The van der Waals surface area contributed by atoms with Crippen LogP contribution in [-0.4, -0.2) is 41.3 Å². The van der Waals surface area contributed by atoms with E-state index < -0.39 is 47.1 Å². The molecular formula is C21H19F7N6O. The molecule has 4 rings (SSSR count). The monoisotopic (exact) mass is 504 g/mol. The molecule has 0 saturated heterocycles. The third-order valence-corrected chi connectivity index (χ3v) is 5.63. The van der Waals surface area contributed by atoms with Crippen molar-refractivity contribution in [3.63, 3.8) is 0 Å². The highest BCUT2D eigenvalue weighted by molar-refractivity contribution is 5.35. The summed E-state index contributed by atoms with van der Waals surface area (Å²) in [4.78, 5) is 13.1. The van der Waals surface area contributed by atoms with E-state index in [1.54, 1.807) is 6.92 Å². The predicted molar refractivity (Wildman–Crippen MR) is 106 cm³/mol. The first-order valence-electron chi connectivity index (χ1n) is 10.5. The molecule has 1 N–H and O–H groups in total. The number of hydrogen-bond acceptors (Lipinski definition) is 6. The van der Waals surface area contributed by atoms with Gasteiger partial charge in [0, 0.05) is 6.54 Å². The zero-order chi connectivity index (χ0) is 25.5. The van der Waals surface area contributed by atoms with Crippen molar-refractivity contribution in [3.05, 3.63) is 65.3 Å². The Hall–Kier alpha value is -3.13. The fourth-order valence-corrected chi connectivity index (χ4v) is 3.64. The smallest absolute Gasteiger partial charge is 0.374 e. The highest BCUT2D eigenvalue weighted by Gasteiger charge is 2.39. The lowest BCUT2D eigenvalue weighted by Crippen LogP contribution is -2.35. The van der Waals surface area contributed by atoms with Crippen LogP contribution in [-0.2, 0) is 12.4 Å². The molecule has 1 aromatic carbocycles. The van der Waals surface area contributed by atoms with E-state index in [1.165, 1.54) is 4.90 Å². The van der Waals surface area contributed by atoms with Crippen molar-refractivity contribution in [3.8, 4) is 5.95 Å². The molecule has 35 heavy (non-hydrogen) atoms. The van der Waals surface area contributed by atoms with Gasteiger partial charge in [0.25, 0.3) is 5.95 Å². The Morgan fingerprint density at radius 3 is 2.09 bits per heavy atom. The van der Waals surface area contributed by atoms with Crippen molar-refractivity contribution in [2.45, 2.75) is 44.4 Å². The maximum absolute atomic E-state index is 13.3. The second-order valence-corrected chi connectivity index (χ2v) is 8.26. The number of rotatable bonds is 7. The largest absolute Gasteiger partial charge is 0.416 e. The summed E-state index contributed by atoms with van der Waals surface area (Å²) in [7, 11) is 0. The van der Waals surface area contributed by atoms with Gasteiger partial charge >= 0.3 is 12.4 Å². The van der Waals surface area contributed by atoms with Gasteiger partial charge in [0.15, 0.2) is 11.6 Å². The Labute approximate surface area is 194 Å². The van der Waals surface area contributed by atoms with Crippen molar-refractivity contribution in [2.75, 3.05) is 6.54 Å². The third-order valence-electron chi connectivity index (χ3n) is 5.63. The SMILES string of the molecule is C[C@@H](c1ncnn1-c1ncc(F)cn1)N(CC1CC1)C(O)c1cc(C(F)(F)F)cc(C(F)(F)F)c1. The number of aromatic nitrogens is 5. The summed E-state index contributed by atoms with van der Waals surface area (Å²) in [5.74, 6) is -0.498. The highest BCUT2D eigenvalue weighted by atomic mass is 19.4.